The Kier molecular flexibility index (Phi) is 7.42. The van der Waals surface area contributed by atoms with E-state index >= 15 is 0 Å². The zero-order chi connectivity index (χ0) is 20.6. The number of methoxy groups -OCH3 is 1. The number of carbonyl (C=O) groups is 1. The van der Waals surface area contributed by atoms with Gasteiger partial charge in [-0.25, -0.2) is 0 Å². The highest BCUT2D eigenvalue weighted by Crippen LogP contribution is 2.35. The lowest BCUT2D eigenvalue weighted by molar-refractivity contribution is -0.118. The van der Waals surface area contributed by atoms with Crippen molar-refractivity contribution in [3.63, 3.8) is 0 Å². The third kappa shape index (κ3) is 5.91. The lowest BCUT2D eigenvalue weighted by Crippen LogP contribution is -2.20. The van der Waals surface area contributed by atoms with E-state index < -0.39 is 0 Å². The van der Waals surface area contributed by atoms with Gasteiger partial charge in [-0.2, -0.15) is 5.26 Å². The molecule has 0 aliphatic heterocycles. The van der Waals surface area contributed by atoms with Gasteiger partial charge in [0.15, 0.2) is 18.1 Å². The van der Waals surface area contributed by atoms with Crippen molar-refractivity contribution < 1.29 is 14.3 Å². The Labute approximate surface area is 176 Å². The van der Waals surface area contributed by atoms with E-state index in [1.54, 1.807) is 18.2 Å². The van der Waals surface area contributed by atoms with Gasteiger partial charge in [0.05, 0.1) is 18.7 Å². The zero-order valence-corrected chi connectivity index (χ0v) is 17.7. The summed E-state index contributed by atoms with van der Waals surface area (Å²) >= 11 is 1.95. The number of nitrogens with zero attached hydrogens (tertiary/aromatic N) is 1. The van der Waals surface area contributed by atoms with Crippen LogP contribution in [-0.4, -0.2) is 24.9 Å². The Morgan fingerprint density at radius 2 is 1.97 bits per heavy atom. The number of benzene rings is 2. The van der Waals surface area contributed by atoms with Gasteiger partial charge in [-0.1, -0.05) is 19.3 Å². The van der Waals surface area contributed by atoms with E-state index in [9.17, 15) is 4.79 Å². The van der Waals surface area contributed by atoms with Crippen LogP contribution in [0, 0.1) is 18.3 Å². The van der Waals surface area contributed by atoms with Crippen LogP contribution in [0.2, 0.25) is 0 Å². The molecule has 1 fully saturated rings. The van der Waals surface area contributed by atoms with Crippen molar-refractivity contribution >= 4 is 23.4 Å². The van der Waals surface area contributed by atoms with Crippen molar-refractivity contribution in [2.75, 3.05) is 19.0 Å². The standard InChI is InChI=1S/C23H26N2O3S/c1-16-12-19(29-18-6-4-3-5-7-18)9-10-20(16)25-23(26)15-28-21-11-8-17(14-24)13-22(21)27-2/h8-13,18H,3-7,15H2,1-2H3,(H,25,26). The highest BCUT2D eigenvalue weighted by Gasteiger charge is 2.15. The normalized spacial score (nSPS) is 14.1. The molecule has 0 bridgehead atoms. The van der Waals surface area contributed by atoms with Crippen LogP contribution in [0.5, 0.6) is 11.5 Å². The summed E-state index contributed by atoms with van der Waals surface area (Å²) in [5.74, 6) is 0.613. The minimum absolute atomic E-state index is 0.139. The number of thioether (sulfide) groups is 1. The molecular formula is C23H26N2O3S. The number of hydrogen-bond acceptors (Lipinski definition) is 5. The zero-order valence-electron chi connectivity index (χ0n) is 16.9. The van der Waals surface area contributed by atoms with Gasteiger partial charge in [0.1, 0.15) is 0 Å². The fourth-order valence-corrected chi connectivity index (χ4v) is 4.76. The van der Waals surface area contributed by atoms with Gasteiger partial charge >= 0.3 is 0 Å². The van der Waals surface area contributed by atoms with E-state index in [-0.39, 0.29) is 12.5 Å². The number of amides is 1. The summed E-state index contributed by atoms with van der Waals surface area (Å²) in [4.78, 5) is 13.6. The van der Waals surface area contributed by atoms with Crippen molar-refractivity contribution in [2.24, 2.45) is 0 Å². The van der Waals surface area contributed by atoms with Crippen molar-refractivity contribution in [2.45, 2.75) is 49.2 Å². The molecule has 152 valence electrons. The molecular weight excluding hydrogens is 384 g/mol. The maximum Gasteiger partial charge on any atom is 0.262 e. The third-order valence-electron chi connectivity index (χ3n) is 4.98. The van der Waals surface area contributed by atoms with Crippen LogP contribution in [0.15, 0.2) is 41.3 Å². The second kappa shape index (κ2) is 10.2. The van der Waals surface area contributed by atoms with Crippen LogP contribution in [0.1, 0.15) is 43.2 Å². The molecule has 0 spiro atoms. The first-order valence-electron chi connectivity index (χ1n) is 9.87. The van der Waals surface area contributed by atoms with Crippen LogP contribution in [-0.2, 0) is 4.79 Å². The minimum atomic E-state index is -0.243. The number of ether oxygens (including phenoxy) is 2. The summed E-state index contributed by atoms with van der Waals surface area (Å²) in [5, 5.41) is 12.6. The molecule has 5 nitrogen and oxygen atoms in total. The van der Waals surface area contributed by atoms with Crippen LogP contribution >= 0.6 is 11.8 Å². The van der Waals surface area contributed by atoms with E-state index in [0.29, 0.717) is 22.3 Å². The molecule has 1 aliphatic carbocycles. The number of rotatable bonds is 7. The second-order valence-corrected chi connectivity index (χ2v) is 8.54. The summed E-state index contributed by atoms with van der Waals surface area (Å²) < 4.78 is 10.8. The highest BCUT2D eigenvalue weighted by molar-refractivity contribution is 8.00. The summed E-state index contributed by atoms with van der Waals surface area (Å²) in [5.41, 5.74) is 2.30. The Bertz CT molecular complexity index is 901. The smallest absolute Gasteiger partial charge is 0.262 e. The van der Waals surface area contributed by atoms with E-state index in [1.807, 2.05) is 30.8 Å². The monoisotopic (exact) mass is 410 g/mol. The average Bonchev–Trinajstić information content (AvgIpc) is 2.74. The van der Waals surface area contributed by atoms with Crippen molar-refractivity contribution in [3.05, 3.63) is 47.5 Å². The molecule has 3 rings (SSSR count). The van der Waals surface area contributed by atoms with E-state index in [2.05, 4.69) is 17.4 Å². The van der Waals surface area contributed by atoms with Gasteiger partial charge in [0.2, 0.25) is 0 Å². The molecule has 0 heterocycles. The molecule has 0 unspecified atom stereocenters. The molecule has 1 saturated carbocycles. The quantitative estimate of drug-likeness (QED) is 0.669. The van der Waals surface area contributed by atoms with Gasteiger partial charge in [-0.05, 0) is 55.7 Å². The number of nitriles is 1. The fourth-order valence-electron chi connectivity index (χ4n) is 3.41. The van der Waals surface area contributed by atoms with Gasteiger partial charge in [0, 0.05) is 21.9 Å². The first kappa shape index (κ1) is 21.1. The molecule has 0 atom stereocenters. The lowest BCUT2D eigenvalue weighted by atomic mass is 10.0. The van der Waals surface area contributed by atoms with E-state index in [1.165, 1.54) is 44.1 Å². The second-order valence-electron chi connectivity index (χ2n) is 7.17. The SMILES string of the molecule is COc1cc(C#N)ccc1OCC(=O)Nc1ccc(SC2CCCCC2)cc1C. The van der Waals surface area contributed by atoms with Gasteiger partial charge in [-0.3, -0.25) is 4.79 Å². The number of anilines is 1. The third-order valence-corrected chi connectivity index (χ3v) is 6.31. The maximum atomic E-state index is 12.3. The largest absolute Gasteiger partial charge is 0.493 e. The Balaban J connectivity index is 1.56. The van der Waals surface area contributed by atoms with Crippen molar-refractivity contribution in [3.8, 4) is 17.6 Å². The summed E-state index contributed by atoms with van der Waals surface area (Å²) in [6, 6.07) is 13.1. The molecule has 0 aromatic heterocycles. The number of aryl methyl sites for hydroxylation is 1. The minimum Gasteiger partial charge on any atom is -0.493 e. The lowest BCUT2D eigenvalue weighted by Gasteiger charge is -2.21. The van der Waals surface area contributed by atoms with E-state index in [4.69, 9.17) is 14.7 Å². The molecule has 29 heavy (non-hydrogen) atoms. The topological polar surface area (TPSA) is 71.3 Å². The van der Waals surface area contributed by atoms with Crippen molar-refractivity contribution in [1.29, 1.82) is 5.26 Å². The first-order valence-corrected chi connectivity index (χ1v) is 10.7. The van der Waals surface area contributed by atoms with Crippen molar-refractivity contribution in [1.82, 2.24) is 0 Å². The van der Waals surface area contributed by atoms with Crippen LogP contribution in [0.25, 0.3) is 0 Å². The van der Waals surface area contributed by atoms with Crippen LogP contribution in [0.3, 0.4) is 0 Å². The summed E-state index contributed by atoms with van der Waals surface area (Å²) in [6.07, 6.45) is 6.60. The molecule has 0 saturated heterocycles. The van der Waals surface area contributed by atoms with Gasteiger partial charge in [0.25, 0.3) is 5.91 Å². The van der Waals surface area contributed by atoms with Gasteiger partial charge < -0.3 is 14.8 Å². The maximum absolute atomic E-state index is 12.3. The molecule has 1 amide bonds. The molecule has 1 N–H and O–H groups in total. The highest BCUT2D eigenvalue weighted by atomic mass is 32.2. The summed E-state index contributed by atoms with van der Waals surface area (Å²) in [6.45, 7) is 1.87. The molecule has 0 radical (unpaired) electrons. The average molecular weight is 411 g/mol. The molecule has 6 heteroatoms. The summed E-state index contributed by atoms with van der Waals surface area (Å²) in [7, 11) is 1.50. The fraction of sp³-hybridized carbons (Fsp3) is 0.391. The van der Waals surface area contributed by atoms with Crippen LogP contribution < -0.4 is 14.8 Å². The molecule has 2 aromatic carbocycles. The number of carbonyl (C=O) groups excluding carboxylic acids is 1. The molecule has 1 aliphatic rings. The number of hydrogen-bond donors (Lipinski definition) is 1. The number of nitrogens with one attached hydrogen (secondary N) is 1. The predicted molar refractivity (Wildman–Crippen MR) is 116 cm³/mol. The Hall–Kier alpha value is -2.65. The van der Waals surface area contributed by atoms with Gasteiger partial charge in [-0.15, -0.1) is 11.8 Å². The van der Waals surface area contributed by atoms with Crippen LogP contribution in [0.4, 0.5) is 5.69 Å². The Morgan fingerprint density at radius 3 is 2.66 bits per heavy atom. The predicted octanol–water partition coefficient (Wildman–Crippen LogP) is 5.32. The van der Waals surface area contributed by atoms with E-state index in [0.717, 1.165) is 11.3 Å². The Morgan fingerprint density at radius 1 is 1.17 bits per heavy atom. The molecule has 2 aromatic rings. The first-order chi connectivity index (χ1) is 14.1.